The van der Waals surface area contributed by atoms with E-state index in [2.05, 4.69) is 0 Å². The van der Waals surface area contributed by atoms with Gasteiger partial charge in [0.2, 0.25) is 0 Å². The van der Waals surface area contributed by atoms with E-state index in [1.807, 2.05) is 13.8 Å². The molecule has 1 aliphatic carbocycles. The van der Waals surface area contributed by atoms with Gasteiger partial charge in [0.25, 0.3) is 0 Å². The van der Waals surface area contributed by atoms with Crippen LogP contribution >= 0.6 is 0 Å². The molecule has 0 amide bonds. The number of nitrogens with two attached hydrogens (primary N) is 1. The molecule has 3 nitrogen and oxygen atoms in total. The second-order valence-electron chi connectivity index (χ2n) is 5.32. The van der Waals surface area contributed by atoms with Crippen LogP contribution in [0.1, 0.15) is 65.2 Å². The lowest BCUT2D eigenvalue weighted by molar-refractivity contribution is -0.147. The van der Waals surface area contributed by atoms with Crippen LogP contribution in [0.5, 0.6) is 0 Å². The fraction of sp³-hybridized carbons (Fsp3) is 0.923. The highest BCUT2D eigenvalue weighted by Gasteiger charge is 2.26. The van der Waals surface area contributed by atoms with E-state index >= 15 is 0 Å². The zero-order chi connectivity index (χ0) is 12.0. The van der Waals surface area contributed by atoms with Crippen LogP contribution in [0.3, 0.4) is 0 Å². The second-order valence-corrected chi connectivity index (χ2v) is 5.32. The van der Waals surface area contributed by atoms with Crippen LogP contribution in [0.2, 0.25) is 0 Å². The Morgan fingerprint density at radius 2 is 1.94 bits per heavy atom. The monoisotopic (exact) mass is 227 g/mol. The first-order valence-corrected chi connectivity index (χ1v) is 6.50. The molecule has 0 aliphatic heterocycles. The number of carbonyl (C=O) groups excluding carboxylic acids is 1. The lowest BCUT2D eigenvalue weighted by atomic mass is 9.79. The van der Waals surface area contributed by atoms with Gasteiger partial charge in [-0.2, -0.15) is 0 Å². The lowest BCUT2D eigenvalue weighted by Gasteiger charge is -2.33. The quantitative estimate of drug-likeness (QED) is 0.735. The minimum Gasteiger partial charge on any atom is -0.463 e. The van der Waals surface area contributed by atoms with Gasteiger partial charge in [0.15, 0.2) is 0 Å². The van der Waals surface area contributed by atoms with Crippen LogP contribution in [-0.4, -0.2) is 17.6 Å². The highest BCUT2D eigenvalue weighted by molar-refractivity contribution is 5.69. The molecule has 94 valence electrons. The molecular weight excluding hydrogens is 202 g/mol. The summed E-state index contributed by atoms with van der Waals surface area (Å²) in [5.41, 5.74) is 6.29. The Kier molecular flexibility index (Phi) is 5.26. The van der Waals surface area contributed by atoms with E-state index in [1.165, 1.54) is 19.3 Å². The van der Waals surface area contributed by atoms with Crippen LogP contribution in [-0.2, 0) is 9.53 Å². The molecule has 0 spiro atoms. The molecule has 0 aromatic rings. The molecule has 2 N–H and O–H groups in total. The summed E-state index contributed by atoms with van der Waals surface area (Å²) in [6.45, 7) is 3.76. The maximum absolute atomic E-state index is 11.3. The number of hydrogen-bond donors (Lipinski definition) is 1. The van der Waals surface area contributed by atoms with Gasteiger partial charge in [-0.3, -0.25) is 4.79 Å². The lowest BCUT2D eigenvalue weighted by Crippen LogP contribution is -2.41. The van der Waals surface area contributed by atoms with Gasteiger partial charge in [-0.05, 0) is 39.5 Å². The van der Waals surface area contributed by atoms with E-state index < -0.39 is 0 Å². The first-order chi connectivity index (χ1) is 7.52. The highest BCUT2D eigenvalue weighted by atomic mass is 16.5. The Morgan fingerprint density at radius 3 is 2.50 bits per heavy atom. The van der Waals surface area contributed by atoms with Gasteiger partial charge in [-0.15, -0.1) is 0 Å². The Balaban J connectivity index is 2.16. The number of hydrogen-bond acceptors (Lipinski definition) is 3. The summed E-state index contributed by atoms with van der Waals surface area (Å²) in [6, 6.07) is 0. The third kappa shape index (κ3) is 4.97. The van der Waals surface area contributed by atoms with E-state index in [4.69, 9.17) is 10.5 Å². The zero-order valence-corrected chi connectivity index (χ0v) is 10.6. The molecule has 3 heteroatoms. The Bertz CT molecular complexity index is 220. The molecule has 0 heterocycles. The second kappa shape index (κ2) is 6.24. The van der Waals surface area contributed by atoms with Crippen LogP contribution in [0.15, 0.2) is 0 Å². The van der Waals surface area contributed by atoms with E-state index in [-0.39, 0.29) is 17.6 Å². The SMILES string of the molecule is CC(C)OC(=O)CCCC1(N)CCCCC1. The molecular formula is C13H25NO2. The van der Waals surface area contributed by atoms with Gasteiger partial charge in [0, 0.05) is 12.0 Å². The number of carbonyl (C=O) groups is 1. The normalized spacial score (nSPS) is 19.8. The average Bonchev–Trinajstić information content (AvgIpc) is 2.17. The van der Waals surface area contributed by atoms with Gasteiger partial charge in [0.1, 0.15) is 0 Å². The van der Waals surface area contributed by atoms with Crippen molar-refractivity contribution in [1.82, 2.24) is 0 Å². The Hall–Kier alpha value is -0.570. The summed E-state index contributed by atoms with van der Waals surface area (Å²) < 4.78 is 5.09. The summed E-state index contributed by atoms with van der Waals surface area (Å²) in [5, 5.41) is 0. The van der Waals surface area contributed by atoms with Gasteiger partial charge in [-0.25, -0.2) is 0 Å². The molecule has 1 aliphatic rings. The van der Waals surface area contributed by atoms with E-state index in [9.17, 15) is 4.79 Å². The van der Waals surface area contributed by atoms with Gasteiger partial charge >= 0.3 is 5.97 Å². The molecule has 0 bridgehead atoms. The minimum absolute atomic E-state index is 0.00361. The molecule has 0 aromatic heterocycles. The largest absolute Gasteiger partial charge is 0.463 e. The first-order valence-electron chi connectivity index (χ1n) is 6.50. The first kappa shape index (κ1) is 13.5. The van der Waals surface area contributed by atoms with Gasteiger partial charge in [-0.1, -0.05) is 19.3 Å². The summed E-state index contributed by atoms with van der Waals surface area (Å²) in [6.07, 6.45) is 8.36. The maximum Gasteiger partial charge on any atom is 0.306 e. The van der Waals surface area contributed by atoms with Crippen LogP contribution in [0.25, 0.3) is 0 Å². The van der Waals surface area contributed by atoms with Crippen molar-refractivity contribution in [2.45, 2.75) is 76.9 Å². The molecule has 0 atom stereocenters. The Morgan fingerprint density at radius 1 is 1.31 bits per heavy atom. The maximum atomic E-state index is 11.3. The average molecular weight is 227 g/mol. The Labute approximate surface area is 98.7 Å². The van der Waals surface area contributed by atoms with Crippen molar-refractivity contribution < 1.29 is 9.53 Å². The third-order valence-electron chi connectivity index (χ3n) is 3.27. The van der Waals surface area contributed by atoms with Crippen molar-refractivity contribution in [2.24, 2.45) is 5.73 Å². The van der Waals surface area contributed by atoms with Gasteiger partial charge in [0.05, 0.1) is 6.10 Å². The summed E-state index contributed by atoms with van der Waals surface area (Å²) in [5.74, 6) is -0.0885. The smallest absolute Gasteiger partial charge is 0.306 e. The molecule has 0 radical (unpaired) electrons. The van der Waals surface area contributed by atoms with Crippen molar-refractivity contribution in [1.29, 1.82) is 0 Å². The van der Waals surface area contributed by atoms with E-state index in [1.54, 1.807) is 0 Å². The fourth-order valence-electron chi connectivity index (χ4n) is 2.41. The van der Waals surface area contributed by atoms with Crippen LogP contribution in [0.4, 0.5) is 0 Å². The minimum atomic E-state index is -0.0885. The molecule has 1 saturated carbocycles. The number of rotatable bonds is 5. The van der Waals surface area contributed by atoms with Crippen molar-refractivity contribution in [3.8, 4) is 0 Å². The molecule has 0 aromatic carbocycles. The number of ether oxygens (including phenoxy) is 1. The molecule has 16 heavy (non-hydrogen) atoms. The van der Waals surface area contributed by atoms with Gasteiger partial charge < -0.3 is 10.5 Å². The topological polar surface area (TPSA) is 52.3 Å². The highest BCUT2D eigenvalue weighted by Crippen LogP contribution is 2.30. The van der Waals surface area contributed by atoms with Crippen LogP contribution < -0.4 is 5.73 Å². The van der Waals surface area contributed by atoms with Crippen molar-refractivity contribution in [3.05, 3.63) is 0 Å². The van der Waals surface area contributed by atoms with E-state index in [0.29, 0.717) is 6.42 Å². The summed E-state index contributed by atoms with van der Waals surface area (Å²) >= 11 is 0. The molecule has 0 unspecified atom stereocenters. The fourth-order valence-corrected chi connectivity index (χ4v) is 2.41. The summed E-state index contributed by atoms with van der Waals surface area (Å²) in [4.78, 5) is 11.3. The van der Waals surface area contributed by atoms with Crippen molar-refractivity contribution in [2.75, 3.05) is 0 Å². The molecule has 0 saturated heterocycles. The predicted octanol–water partition coefficient (Wildman–Crippen LogP) is 2.77. The predicted molar refractivity (Wildman–Crippen MR) is 65.1 cm³/mol. The molecule has 1 rings (SSSR count). The summed E-state index contributed by atoms with van der Waals surface area (Å²) in [7, 11) is 0. The zero-order valence-electron chi connectivity index (χ0n) is 10.6. The standard InChI is InChI=1S/C13H25NO2/c1-11(2)16-12(15)7-6-10-13(14)8-4-3-5-9-13/h11H,3-10,14H2,1-2H3. The van der Waals surface area contributed by atoms with E-state index in [0.717, 1.165) is 25.7 Å². The molecule has 1 fully saturated rings. The third-order valence-corrected chi connectivity index (χ3v) is 3.27. The van der Waals surface area contributed by atoms with Crippen LogP contribution in [0, 0.1) is 0 Å². The number of esters is 1. The van der Waals surface area contributed by atoms with Crippen molar-refractivity contribution in [3.63, 3.8) is 0 Å². The van der Waals surface area contributed by atoms with Crippen molar-refractivity contribution >= 4 is 5.97 Å².